The SMILES string of the molecule is Cc1ccc(C(=O)NCc2ccc(S(C)(=O)=O)c(Br)c2)c(=O)n1-c1cccc(C(F)(F)F)c1. The van der Waals surface area contributed by atoms with E-state index >= 15 is 0 Å². The summed E-state index contributed by atoms with van der Waals surface area (Å²) in [4.78, 5) is 25.7. The maximum Gasteiger partial charge on any atom is 0.416 e. The van der Waals surface area contributed by atoms with Gasteiger partial charge in [0.25, 0.3) is 11.5 Å². The van der Waals surface area contributed by atoms with Gasteiger partial charge in [0.1, 0.15) is 5.56 Å². The Kier molecular flexibility index (Phi) is 6.85. The number of hydrogen-bond donors (Lipinski definition) is 1. The molecule has 0 fully saturated rings. The minimum Gasteiger partial charge on any atom is -0.348 e. The molecule has 0 unspecified atom stereocenters. The maximum absolute atomic E-state index is 13.1. The Hall–Kier alpha value is -2.92. The second-order valence-electron chi connectivity index (χ2n) is 7.30. The van der Waals surface area contributed by atoms with Crippen LogP contribution < -0.4 is 10.9 Å². The molecular formula is C22H18BrF3N2O4S. The molecular weight excluding hydrogens is 525 g/mol. The predicted molar refractivity (Wildman–Crippen MR) is 120 cm³/mol. The lowest BCUT2D eigenvalue weighted by Gasteiger charge is -2.14. The van der Waals surface area contributed by atoms with Crippen molar-refractivity contribution in [3.05, 3.63) is 91.8 Å². The van der Waals surface area contributed by atoms with Crippen LogP contribution in [0.2, 0.25) is 0 Å². The summed E-state index contributed by atoms with van der Waals surface area (Å²) >= 11 is 3.18. The summed E-state index contributed by atoms with van der Waals surface area (Å²) in [5.74, 6) is -0.718. The number of sulfone groups is 1. The monoisotopic (exact) mass is 542 g/mol. The minimum absolute atomic E-state index is 0.00164. The van der Waals surface area contributed by atoms with Crippen molar-refractivity contribution in [1.82, 2.24) is 9.88 Å². The van der Waals surface area contributed by atoms with E-state index in [1.807, 2.05) is 0 Å². The molecule has 1 heterocycles. The van der Waals surface area contributed by atoms with Crippen LogP contribution in [0.5, 0.6) is 0 Å². The van der Waals surface area contributed by atoms with Gasteiger partial charge < -0.3 is 5.32 Å². The highest BCUT2D eigenvalue weighted by Gasteiger charge is 2.30. The number of nitrogens with zero attached hydrogens (tertiary/aromatic N) is 1. The zero-order chi connectivity index (χ0) is 24.6. The standard InChI is InChI=1S/C22H18BrF3N2O4S/c1-13-6-8-17(21(30)28(13)16-5-3-4-15(11-16)22(24,25)26)20(29)27-12-14-7-9-19(18(23)10-14)33(2,31)32/h3-11H,12H2,1-2H3,(H,27,29). The summed E-state index contributed by atoms with van der Waals surface area (Å²) < 4.78 is 64.0. The normalized spacial score (nSPS) is 11.9. The Balaban J connectivity index is 1.89. The van der Waals surface area contributed by atoms with Crippen LogP contribution in [0.3, 0.4) is 0 Å². The van der Waals surface area contributed by atoms with Gasteiger partial charge in [0.05, 0.1) is 10.5 Å². The van der Waals surface area contributed by atoms with Gasteiger partial charge >= 0.3 is 6.18 Å². The zero-order valence-electron chi connectivity index (χ0n) is 17.4. The van der Waals surface area contributed by atoms with E-state index < -0.39 is 33.0 Å². The molecule has 3 rings (SSSR count). The lowest BCUT2D eigenvalue weighted by molar-refractivity contribution is -0.137. The number of aryl methyl sites for hydroxylation is 1. The third-order valence-electron chi connectivity index (χ3n) is 4.80. The van der Waals surface area contributed by atoms with E-state index in [-0.39, 0.29) is 22.7 Å². The van der Waals surface area contributed by atoms with Crippen molar-refractivity contribution >= 4 is 31.7 Å². The fourth-order valence-electron chi connectivity index (χ4n) is 3.18. The lowest BCUT2D eigenvalue weighted by Crippen LogP contribution is -2.33. The number of carbonyl (C=O) groups is 1. The molecule has 0 aliphatic rings. The second-order valence-corrected chi connectivity index (χ2v) is 10.1. The first-order chi connectivity index (χ1) is 15.3. The molecule has 33 heavy (non-hydrogen) atoms. The van der Waals surface area contributed by atoms with Gasteiger partial charge in [0, 0.05) is 28.7 Å². The van der Waals surface area contributed by atoms with Crippen molar-refractivity contribution in [3.63, 3.8) is 0 Å². The Labute approximate surface area is 196 Å². The molecule has 0 radical (unpaired) electrons. The number of rotatable bonds is 5. The Bertz CT molecular complexity index is 1400. The number of aromatic nitrogens is 1. The van der Waals surface area contributed by atoms with E-state index in [1.165, 1.54) is 42.5 Å². The smallest absolute Gasteiger partial charge is 0.348 e. The van der Waals surface area contributed by atoms with Crippen molar-refractivity contribution < 1.29 is 26.4 Å². The van der Waals surface area contributed by atoms with Crippen LogP contribution in [0.4, 0.5) is 13.2 Å². The molecule has 11 heteroatoms. The predicted octanol–water partition coefficient (Wildman–Crippen LogP) is 4.26. The summed E-state index contributed by atoms with van der Waals surface area (Å²) in [7, 11) is -3.43. The number of amides is 1. The summed E-state index contributed by atoms with van der Waals surface area (Å²) in [6.45, 7) is 1.54. The molecule has 0 saturated heterocycles. The van der Waals surface area contributed by atoms with Crippen molar-refractivity contribution in [2.45, 2.75) is 24.5 Å². The first-order valence-corrected chi connectivity index (χ1v) is 12.1. The van der Waals surface area contributed by atoms with Crippen LogP contribution in [0.25, 0.3) is 5.69 Å². The molecule has 0 aliphatic heterocycles. The highest BCUT2D eigenvalue weighted by Crippen LogP contribution is 2.30. The van der Waals surface area contributed by atoms with Crippen LogP contribution >= 0.6 is 15.9 Å². The summed E-state index contributed by atoms with van der Waals surface area (Å²) in [5, 5.41) is 2.57. The molecule has 2 aromatic carbocycles. The van der Waals surface area contributed by atoms with Gasteiger partial charge in [-0.15, -0.1) is 0 Å². The third-order valence-corrected chi connectivity index (χ3v) is 6.88. The molecule has 6 nitrogen and oxygen atoms in total. The van der Waals surface area contributed by atoms with E-state index in [4.69, 9.17) is 0 Å². The van der Waals surface area contributed by atoms with E-state index in [0.717, 1.165) is 23.0 Å². The zero-order valence-corrected chi connectivity index (χ0v) is 19.8. The number of nitrogens with one attached hydrogen (secondary N) is 1. The summed E-state index contributed by atoms with van der Waals surface area (Å²) in [5.41, 5.74) is -0.999. The number of alkyl halides is 3. The van der Waals surface area contributed by atoms with Crippen LogP contribution in [0.15, 0.2) is 68.8 Å². The second kappa shape index (κ2) is 9.14. The molecule has 3 aromatic rings. The maximum atomic E-state index is 13.1. The Morgan fingerprint density at radius 1 is 1.09 bits per heavy atom. The van der Waals surface area contributed by atoms with Crippen LogP contribution in [0, 0.1) is 6.92 Å². The molecule has 0 atom stereocenters. The molecule has 0 aliphatic carbocycles. The topological polar surface area (TPSA) is 85.2 Å². The fourth-order valence-corrected chi connectivity index (χ4v) is 5.21. The molecule has 1 N–H and O–H groups in total. The average Bonchev–Trinajstić information content (AvgIpc) is 2.71. The molecule has 0 bridgehead atoms. The van der Waals surface area contributed by atoms with Gasteiger partial charge in [0.15, 0.2) is 9.84 Å². The molecule has 1 aromatic heterocycles. The van der Waals surface area contributed by atoms with Gasteiger partial charge in [0.2, 0.25) is 0 Å². The molecule has 1 amide bonds. The van der Waals surface area contributed by atoms with Crippen molar-refractivity contribution in [1.29, 1.82) is 0 Å². The van der Waals surface area contributed by atoms with Crippen LogP contribution in [0.1, 0.15) is 27.2 Å². The minimum atomic E-state index is -4.58. The first kappa shape index (κ1) is 24.7. The van der Waals surface area contributed by atoms with Crippen molar-refractivity contribution in [2.24, 2.45) is 0 Å². The lowest BCUT2D eigenvalue weighted by atomic mass is 10.1. The highest BCUT2D eigenvalue weighted by molar-refractivity contribution is 9.10. The third kappa shape index (κ3) is 5.53. The summed E-state index contributed by atoms with van der Waals surface area (Å²) in [6.07, 6.45) is -3.51. The van der Waals surface area contributed by atoms with Crippen LogP contribution in [-0.2, 0) is 22.6 Å². The quantitative estimate of drug-likeness (QED) is 0.522. The Morgan fingerprint density at radius 2 is 1.79 bits per heavy atom. The molecule has 0 spiro atoms. The first-order valence-electron chi connectivity index (χ1n) is 9.46. The van der Waals surface area contributed by atoms with E-state index in [9.17, 15) is 31.2 Å². The Morgan fingerprint density at radius 3 is 2.39 bits per heavy atom. The number of benzene rings is 2. The van der Waals surface area contributed by atoms with Crippen molar-refractivity contribution in [2.75, 3.05) is 6.26 Å². The largest absolute Gasteiger partial charge is 0.416 e. The van der Waals surface area contributed by atoms with Gasteiger partial charge in [-0.05, 0) is 70.9 Å². The summed E-state index contributed by atoms with van der Waals surface area (Å²) in [6, 6.07) is 11.5. The van der Waals surface area contributed by atoms with E-state index in [1.54, 1.807) is 6.92 Å². The number of halogens is 4. The van der Waals surface area contributed by atoms with Gasteiger partial charge in [-0.1, -0.05) is 12.1 Å². The fraction of sp³-hybridized carbons (Fsp3) is 0.182. The van der Waals surface area contributed by atoms with E-state index in [2.05, 4.69) is 21.2 Å². The number of pyridine rings is 1. The number of hydrogen-bond acceptors (Lipinski definition) is 4. The molecule has 0 saturated carbocycles. The van der Waals surface area contributed by atoms with Gasteiger partial charge in [-0.2, -0.15) is 13.2 Å². The van der Waals surface area contributed by atoms with E-state index in [0.29, 0.717) is 15.7 Å². The van der Waals surface area contributed by atoms with Gasteiger partial charge in [-0.3, -0.25) is 14.2 Å². The molecule has 174 valence electrons. The van der Waals surface area contributed by atoms with Crippen LogP contribution in [-0.4, -0.2) is 25.1 Å². The highest BCUT2D eigenvalue weighted by atomic mass is 79.9. The average molecular weight is 543 g/mol. The van der Waals surface area contributed by atoms with Crippen molar-refractivity contribution in [3.8, 4) is 5.69 Å². The van der Waals surface area contributed by atoms with Gasteiger partial charge in [-0.25, -0.2) is 8.42 Å². The number of carbonyl (C=O) groups excluding carboxylic acids is 1.